The van der Waals surface area contributed by atoms with E-state index in [0.717, 1.165) is 29.0 Å². The highest BCUT2D eigenvalue weighted by Gasteiger charge is 2.19. The molecule has 2 N–H and O–H groups in total. The van der Waals surface area contributed by atoms with Crippen molar-refractivity contribution in [2.75, 3.05) is 12.8 Å². The summed E-state index contributed by atoms with van der Waals surface area (Å²) in [4.78, 5) is 0. The fraction of sp³-hybridized carbons (Fsp3) is 0.357. The number of nitrogen functional groups attached to an aromatic ring is 1. The van der Waals surface area contributed by atoms with Crippen LogP contribution in [0.4, 0.5) is 5.88 Å². The molecule has 0 amide bonds. The van der Waals surface area contributed by atoms with Gasteiger partial charge in [0, 0.05) is 5.56 Å². The van der Waals surface area contributed by atoms with E-state index in [-0.39, 0.29) is 0 Å². The average Bonchev–Trinajstić information content (AvgIpc) is 2.69. The molecule has 0 bridgehead atoms. The van der Waals surface area contributed by atoms with E-state index < -0.39 is 0 Å². The van der Waals surface area contributed by atoms with Crippen molar-refractivity contribution in [2.24, 2.45) is 5.92 Å². The van der Waals surface area contributed by atoms with E-state index in [1.54, 1.807) is 7.11 Å². The zero-order valence-electron chi connectivity index (χ0n) is 10.9. The molecule has 1 aromatic heterocycles. The number of ether oxygens (including phenoxy) is 1. The minimum Gasteiger partial charge on any atom is -0.496 e. The zero-order chi connectivity index (χ0) is 13.1. The molecule has 2 aromatic rings. The summed E-state index contributed by atoms with van der Waals surface area (Å²) in [6.07, 6.45) is 0.827. The van der Waals surface area contributed by atoms with Crippen LogP contribution in [0.3, 0.4) is 0 Å². The number of nitrogens with zero attached hydrogens (tertiary/aromatic N) is 1. The Morgan fingerprint density at radius 2 is 2.06 bits per heavy atom. The van der Waals surface area contributed by atoms with Gasteiger partial charge in [-0.15, -0.1) is 0 Å². The minimum atomic E-state index is 0.343. The molecule has 1 heterocycles. The topological polar surface area (TPSA) is 61.3 Å². The number of nitrogens with two attached hydrogens (primary N) is 1. The van der Waals surface area contributed by atoms with Crippen LogP contribution in [0.2, 0.25) is 0 Å². The molecule has 0 unspecified atom stereocenters. The minimum absolute atomic E-state index is 0.343. The predicted molar refractivity (Wildman–Crippen MR) is 71.4 cm³/mol. The molecule has 0 aliphatic heterocycles. The molecule has 2 rings (SSSR count). The van der Waals surface area contributed by atoms with E-state index in [9.17, 15) is 0 Å². The number of methoxy groups -OCH3 is 1. The third kappa shape index (κ3) is 2.32. The molecule has 0 saturated heterocycles. The van der Waals surface area contributed by atoms with Crippen LogP contribution in [-0.2, 0) is 6.42 Å². The summed E-state index contributed by atoms with van der Waals surface area (Å²) < 4.78 is 10.5. The van der Waals surface area contributed by atoms with E-state index in [0.29, 0.717) is 11.8 Å². The van der Waals surface area contributed by atoms with Crippen LogP contribution >= 0.6 is 0 Å². The van der Waals surface area contributed by atoms with Crippen molar-refractivity contribution < 1.29 is 9.26 Å². The summed E-state index contributed by atoms with van der Waals surface area (Å²) in [5, 5.41) is 4.05. The van der Waals surface area contributed by atoms with Crippen LogP contribution in [0.25, 0.3) is 11.1 Å². The molecule has 0 saturated carbocycles. The van der Waals surface area contributed by atoms with Crippen molar-refractivity contribution in [3.05, 3.63) is 30.0 Å². The number of hydrogen-bond donors (Lipinski definition) is 1. The van der Waals surface area contributed by atoms with Gasteiger partial charge in [0.2, 0.25) is 5.88 Å². The zero-order valence-corrected chi connectivity index (χ0v) is 10.9. The molecule has 0 spiro atoms. The lowest BCUT2D eigenvalue weighted by molar-refractivity contribution is 0.416. The van der Waals surface area contributed by atoms with Crippen molar-refractivity contribution in [1.29, 1.82) is 0 Å². The second-order valence-electron chi connectivity index (χ2n) is 4.67. The maximum Gasteiger partial charge on any atom is 0.230 e. The van der Waals surface area contributed by atoms with Gasteiger partial charge in [-0.2, -0.15) is 0 Å². The van der Waals surface area contributed by atoms with Crippen molar-refractivity contribution >= 4 is 5.88 Å². The molecule has 1 aromatic carbocycles. The highest BCUT2D eigenvalue weighted by Crippen LogP contribution is 2.36. The first kappa shape index (κ1) is 12.5. The molecule has 4 nitrogen and oxygen atoms in total. The molecule has 0 aliphatic rings. The molecular weight excluding hydrogens is 228 g/mol. The van der Waals surface area contributed by atoms with Crippen LogP contribution < -0.4 is 10.5 Å². The molecular formula is C14H18N2O2. The average molecular weight is 246 g/mol. The van der Waals surface area contributed by atoms with Crippen LogP contribution in [-0.4, -0.2) is 12.3 Å². The molecule has 0 aliphatic carbocycles. The fourth-order valence-electron chi connectivity index (χ4n) is 2.00. The molecule has 4 heteroatoms. The summed E-state index contributed by atoms with van der Waals surface area (Å²) in [5.41, 5.74) is 8.54. The van der Waals surface area contributed by atoms with E-state index in [4.69, 9.17) is 15.0 Å². The van der Waals surface area contributed by atoms with Crippen LogP contribution in [0.1, 0.15) is 19.5 Å². The summed E-state index contributed by atoms with van der Waals surface area (Å²) >= 11 is 0. The highest BCUT2D eigenvalue weighted by atomic mass is 16.5. The SMILES string of the molecule is COc1ccccc1-c1c(CC(C)C)noc1N. The summed E-state index contributed by atoms with van der Waals surface area (Å²) in [7, 11) is 1.64. The summed E-state index contributed by atoms with van der Waals surface area (Å²) in [5.74, 6) is 1.61. The predicted octanol–water partition coefficient (Wildman–Crippen LogP) is 3.13. The van der Waals surface area contributed by atoms with E-state index in [2.05, 4.69) is 19.0 Å². The standard InChI is InChI=1S/C14H18N2O2/c1-9(2)8-11-13(14(15)18-16-11)10-6-4-5-7-12(10)17-3/h4-7,9H,8,15H2,1-3H3. The fourth-order valence-corrected chi connectivity index (χ4v) is 2.00. The maximum absolute atomic E-state index is 5.89. The number of hydrogen-bond acceptors (Lipinski definition) is 4. The van der Waals surface area contributed by atoms with Crippen molar-refractivity contribution in [2.45, 2.75) is 20.3 Å². The van der Waals surface area contributed by atoms with Crippen molar-refractivity contribution in [3.8, 4) is 16.9 Å². The van der Waals surface area contributed by atoms with Gasteiger partial charge in [-0.05, 0) is 18.4 Å². The quantitative estimate of drug-likeness (QED) is 0.900. The first-order chi connectivity index (χ1) is 8.63. The van der Waals surface area contributed by atoms with Crippen LogP contribution in [0.5, 0.6) is 5.75 Å². The number of anilines is 1. The van der Waals surface area contributed by atoms with E-state index >= 15 is 0 Å². The Kier molecular flexibility index (Phi) is 3.55. The second-order valence-corrected chi connectivity index (χ2v) is 4.67. The number of benzene rings is 1. The van der Waals surface area contributed by atoms with Gasteiger partial charge in [0.15, 0.2) is 0 Å². The van der Waals surface area contributed by atoms with E-state index in [1.165, 1.54) is 0 Å². The van der Waals surface area contributed by atoms with Gasteiger partial charge >= 0.3 is 0 Å². The molecule has 18 heavy (non-hydrogen) atoms. The van der Waals surface area contributed by atoms with E-state index in [1.807, 2.05) is 24.3 Å². The van der Waals surface area contributed by atoms with Crippen LogP contribution in [0, 0.1) is 5.92 Å². The molecule has 0 atom stereocenters. The maximum atomic E-state index is 5.89. The lowest BCUT2D eigenvalue weighted by Crippen LogP contribution is -1.98. The van der Waals surface area contributed by atoms with Gasteiger partial charge in [0.1, 0.15) is 5.75 Å². The van der Waals surface area contributed by atoms with Gasteiger partial charge in [0.25, 0.3) is 0 Å². The Hall–Kier alpha value is -1.97. The van der Waals surface area contributed by atoms with Gasteiger partial charge < -0.3 is 15.0 Å². The van der Waals surface area contributed by atoms with Crippen LogP contribution in [0.15, 0.2) is 28.8 Å². The monoisotopic (exact) mass is 246 g/mol. The molecule has 0 radical (unpaired) electrons. The Morgan fingerprint density at radius 3 is 2.72 bits per heavy atom. The highest BCUT2D eigenvalue weighted by molar-refractivity contribution is 5.79. The van der Waals surface area contributed by atoms with Crippen molar-refractivity contribution in [3.63, 3.8) is 0 Å². The van der Waals surface area contributed by atoms with Gasteiger partial charge in [-0.3, -0.25) is 0 Å². The second kappa shape index (κ2) is 5.12. The Labute approximate surface area is 107 Å². The Bertz CT molecular complexity index is 532. The van der Waals surface area contributed by atoms with Gasteiger partial charge in [-0.25, -0.2) is 0 Å². The first-order valence-corrected chi connectivity index (χ1v) is 6.01. The number of aromatic nitrogens is 1. The largest absolute Gasteiger partial charge is 0.496 e. The normalized spacial score (nSPS) is 10.9. The first-order valence-electron chi connectivity index (χ1n) is 6.01. The van der Waals surface area contributed by atoms with Crippen molar-refractivity contribution in [1.82, 2.24) is 5.16 Å². The third-order valence-electron chi connectivity index (χ3n) is 2.77. The van der Waals surface area contributed by atoms with Gasteiger partial charge in [0.05, 0.1) is 18.4 Å². The Balaban J connectivity index is 2.52. The Morgan fingerprint density at radius 1 is 1.33 bits per heavy atom. The lowest BCUT2D eigenvalue weighted by Gasteiger charge is -2.09. The molecule has 96 valence electrons. The smallest absolute Gasteiger partial charge is 0.230 e. The third-order valence-corrected chi connectivity index (χ3v) is 2.77. The molecule has 0 fully saturated rings. The lowest BCUT2D eigenvalue weighted by atomic mass is 9.99. The van der Waals surface area contributed by atoms with Gasteiger partial charge in [-0.1, -0.05) is 37.2 Å². The number of rotatable bonds is 4. The summed E-state index contributed by atoms with van der Waals surface area (Å²) in [6.45, 7) is 4.27. The number of para-hydroxylation sites is 1. The summed E-state index contributed by atoms with van der Waals surface area (Å²) in [6, 6.07) is 7.74.